The number of hydrogen-bond acceptors (Lipinski definition) is 2. The van der Waals surface area contributed by atoms with E-state index in [1.165, 1.54) is 6.07 Å². The van der Waals surface area contributed by atoms with Crippen LogP contribution in [0.3, 0.4) is 0 Å². The molecule has 2 rings (SSSR count). The van der Waals surface area contributed by atoms with Crippen LogP contribution in [-0.4, -0.2) is 18.2 Å². The van der Waals surface area contributed by atoms with Crippen molar-refractivity contribution in [3.8, 4) is 0 Å². The Bertz CT molecular complexity index is 376. The van der Waals surface area contributed by atoms with Crippen LogP contribution in [0.5, 0.6) is 0 Å². The highest BCUT2D eigenvalue weighted by Gasteiger charge is 2.26. The van der Waals surface area contributed by atoms with Crippen molar-refractivity contribution in [3.05, 3.63) is 34.6 Å². The highest BCUT2D eigenvalue weighted by atomic mass is 19.1. The Balaban J connectivity index is 2.26. The molecule has 1 aliphatic heterocycles. The molecule has 1 heterocycles. The van der Waals surface area contributed by atoms with E-state index in [1.54, 1.807) is 0 Å². The van der Waals surface area contributed by atoms with Crippen LogP contribution >= 0.6 is 0 Å². The summed E-state index contributed by atoms with van der Waals surface area (Å²) in [6.07, 6.45) is 1.15. The van der Waals surface area contributed by atoms with Gasteiger partial charge in [0.25, 0.3) is 0 Å². The number of aryl methyl sites for hydroxylation is 2. The summed E-state index contributed by atoms with van der Waals surface area (Å²) >= 11 is 0. The van der Waals surface area contributed by atoms with Gasteiger partial charge in [-0.3, -0.25) is 0 Å². The lowest BCUT2D eigenvalue weighted by Crippen LogP contribution is -2.31. The van der Waals surface area contributed by atoms with Gasteiger partial charge in [0.2, 0.25) is 0 Å². The molecule has 1 fully saturated rings. The zero-order valence-electron chi connectivity index (χ0n) is 10.5. The van der Waals surface area contributed by atoms with Crippen molar-refractivity contribution in [1.29, 1.82) is 0 Å². The van der Waals surface area contributed by atoms with Crippen LogP contribution in [0, 0.1) is 25.6 Å². The van der Waals surface area contributed by atoms with E-state index in [2.05, 4.69) is 5.32 Å². The molecule has 1 unspecified atom stereocenters. The Morgan fingerprint density at radius 2 is 1.94 bits per heavy atom. The lowest BCUT2D eigenvalue weighted by molar-refractivity contribution is 0.0850. The quantitative estimate of drug-likeness (QED) is 0.828. The Labute approximate surface area is 102 Å². The molecule has 1 saturated heterocycles. The summed E-state index contributed by atoms with van der Waals surface area (Å²) < 4.78 is 13.9. The van der Waals surface area contributed by atoms with Gasteiger partial charge in [0, 0.05) is 5.56 Å². The molecule has 17 heavy (non-hydrogen) atoms. The van der Waals surface area contributed by atoms with Crippen LogP contribution in [0.4, 0.5) is 4.39 Å². The summed E-state index contributed by atoms with van der Waals surface area (Å²) in [7, 11) is 0. The van der Waals surface area contributed by atoms with E-state index in [9.17, 15) is 9.50 Å². The van der Waals surface area contributed by atoms with Gasteiger partial charge >= 0.3 is 0 Å². The summed E-state index contributed by atoms with van der Waals surface area (Å²) in [5.41, 5.74) is 2.25. The molecule has 0 bridgehead atoms. The number of aliphatic hydroxyl groups is 1. The van der Waals surface area contributed by atoms with E-state index in [-0.39, 0.29) is 11.7 Å². The average Bonchev–Trinajstić information content (AvgIpc) is 2.28. The second kappa shape index (κ2) is 5.15. The van der Waals surface area contributed by atoms with E-state index in [0.717, 1.165) is 37.1 Å². The fourth-order valence-corrected chi connectivity index (χ4v) is 2.70. The van der Waals surface area contributed by atoms with E-state index in [0.29, 0.717) is 5.56 Å². The maximum atomic E-state index is 13.9. The number of piperidine rings is 1. The van der Waals surface area contributed by atoms with Crippen LogP contribution in [0.1, 0.15) is 35.6 Å². The monoisotopic (exact) mass is 237 g/mol. The lowest BCUT2D eigenvalue weighted by Gasteiger charge is -2.28. The zero-order chi connectivity index (χ0) is 12.4. The largest absolute Gasteiger partial charge is 0.388 e. The van der Waals surface area contributed by atoms with Gasteiger partial charge in [-0.15, -0.1) is 0 Å². The number of rotatable bonds is 2. The molecule has 2 N–H and O–H groups in total. The molecular formula is C14H20FNO. The molecule has 0 aromatic heterocycles. The van der Waals surface area contributed by atoms with Crippen LogP contribution in [0.2, 0.25) is 0 Å². The van der Waals surface area contributed by atoms with Crippen molar-refractivity contribution in [3.63, 3.8) is 0 Å². The summed E-state index contributed by atoms with van der Waals surface area (Å²) in [4.78, 5) is 0. The van der Waals surface area contributed by atoms with Crippen LogP contribution < -0.4 is 5.32 Å². The van der Waals surface area contributed by atoms with Gasteiger partial charge in [-0.1, -0.05) is 6.07 Å². The van der Waals surface area contributed by atoms with Gasteiger partial charge in [0.15, 0.2) is 0 Å². The van der Waals surface area contributed by atoms with Crippen molar-refractivity contribution < 1.29 is 9.50 Å². The average molecular weight is 237 g/mol. The van der Waals surface area contributed by atoms with Crippen LogP contribution in [0.15, 0.2) is 12.1 Å². The zero-order valence-corrected chi connectivity index (χ0v) is 10.5. The molecule has 0 spiro atoms. The highest BCUT2D eigenvalue weighted by Crippen LogP contribution is 2.32. The second-order valence-electron chi connectivity index (χ2n) is 5.01. The van der Waals surface area contributed by atoms with Crippen molar-refractivity contribution in [1.82, 2.24) is 5.32 Å². The second-order valence-corrected chi connectivity index (χ2v) is 5.01. The predicted octanol–water partition coefficient (Wildman–Crippen LogP) is 2.48. The molecule has 3 heteroatoms. The van der Waals surface area contributed by atoms with E-state index < -0.39 is 6.10 Å². The molecule has 1 aliphatic rings. The van der Waals surface area contributed by atoms with Gasteiger partial charge in [-0.25, -0.2) is 4.39 Å². The number of nitrogens with one attached hydrogen (secondary N) is 1. The lowest BCUT2D eigenvalue weighted by atomic mass is 9.86. The normalized spacial score (nSPS) is 19.3. The van der Waals surface area contributed by atoms with E-state index in [1.807, 2.05) is 19.9 Å². The fraction of sp³-hybridized carbons (Fsp3) is 0.571. The predicted molar refractivity (Wildman–Crippen MR) is 66.4 cm³/mol. The van der Waals surface area contributed by atoms with Crippen LogP contribution in [0.25, 0.3) is 0 Å². The fourth-order valence-electron chi connectivity index (χ4n) is 2.70. The first-order chi connectivity index (χ1) is 8.09. The molecule has 1 aromatic rings. The van der Waals surface area contributed by atoms with Gasteiger partial charge in [-0.05, 0) is 62.9 Å². The Morgan fingerprint density at radius 3 is 2.53 bits per heavy atom. The topological polar surface area (TPSA) is 32.3 Å². The summed E-state index contributed by atoms with van der Waals surface area (Å²) in [5, 5.41) is 13.6. The Hall–Kier alpha value is -0.930. The minimum Gasteiger partial charge on any atom is -0.388 e. The maximum absolute atomic E-state index is 13.9. The van der Waals surface area contributed by atoms with Gasteiger partial charge < -0.3 is 10.4 Å². The minimum atomic E-state index is -0.669. The molecule has 0 radical (unpaired) electrons. The number of halogens is 1. The molecule has 0 aliphatic carbocycles. The molecule has 2 nitrogen and oxygen atoms in total. The number of benzene rings is 1. The third-order valence-electron chi connectivity index (χ3n) is 3.61. The first kappa shape index (κ1) is 12.5. The number of aliphatic hydroxyl groups excluding tert-OH is 1. The smallest absolute Gasteiger partial charge is 0.129 e. The van der Waals surface area contributed by atoms with E-state index in [4.69, 9.17) is 0 Å². The highest BCUT2D eigenvalue weighted by molar-refractivity contribution is 5.34. The van der Waals surface area contributed by atoms with Crippen LogP contribution in [-0.2, 0) is 0 Å². The summed E-state index contributed by atoms with van der Waals surface area (Å²) in [6, 6.07) is 3.44. The van der Waals surface area contributed by atoms with Gasteiger partial charge in [0.05, 0.1) is 6.10 Å². The number of hydrogen-bond donors (Lipinski definition) is 2. The first-order valence-electron chi connectivity index (χ1n) is 6.25. The third-order valence-corrected chi connectivity index (χ3v) is 3.61. The van der Waals surface area contributed by atoms with Gasteiger partial charge in [-0.2, -0.15) is 0 Å². The SMILES string of the molecule is Cc1cc(C)c(C(O)C2CCNCC2)c(F)c1. The molecule has 0 amide bonds. The van der Waals surface area contributed by atoms with Crippen molar-refractivity contribution in [2.45, 2.75) is 32.8 Å². The van der Waals surface area contributed by atoms with Crippen molar-refractivity contribution in [2.75, 3.05) is 13.1 Å². The first-order valence-corrected chi connectivity index (χ1v) is 6.25. The summed E-state index contributed by atoms with van der Waals surface area (Å²) in [6.45, 7) is 5.56. The molecular weight excluding hydrogens is 217 g/mol. The Morgan fingerprint density at radius 1 is 1.29 bits per heavy atom. The molecule has 1 atom stereocenters. The van der Waals surface area contributed by atoms with Crippen molar-refractivity contribution in [2.24, 2.45) is 5.92 Å². The molecule has 0 saturated carbocycles. The standard InChI is InChI=1S/C14H20FNO/c1-9-7-10(2)13(12(15)8-9)14(17)11-3-5-16-6-4-11/h7-8,11,14,16-17H,3-6H2,1-2H3. The molecule has 1 aromatic carbocycles. The third kappa shape index (κ3) is 2.67. The maximum Gasteiger partial charge on any atom is 0.129 e. The van der Waals surface area contributed by atoms with Crippen molar-refractivity contribution >= 4 is 0 Å². The minimum absolute atomic E-state index is 0.173. The molecule has 94 valence electrons. The summed E-state index contributed by atoms with van der Waals surface area (Å²) in [5.74, 6) is -0.0966. The van der Waals surface area contributed by atoms with Gasteiger partial charge in [0.1, 0.15) is 5.82 Å². The Kier molecular flexibility index (Phi) is 3.79. The van der Waals surface area contributed by atoms with E-state index >= 15 is 0 Å².